The van der Waals surface area contributed by atoms with Gasteiger partial charge in [0.25, 0.3) is 0 Å². The molecule has 0 aliphatic carbocycles. The van der Waals surface area contributed by atoms with E-state index >= 15 is 0 Å². The molecule has 148 valence electrons. The molecule has 2 aromatic heterocycles. The van der Waals surface area contributed by atoms with Gasteiger partial charge in [-0.05, 0) is 68.1 Å². The van der Waals surface area contributed by atoms with Crippen molar-refractivity contribution < 1.29 is 12.9 Å². The lowest BCUT2D eigenvalue weighted by Crippen LogP contribution is -2.34. The molecule has 3 aromatic rings. The monoisotopic (exact) mass is 417 g/mol. The van der Waals surface area contributed by atoms with Crippen LogP contribution in [0.2, 0.25) is 0 Å². The number of sulfone groups is 1. The van der Waals surface area contributed by atoms with Crippen molar-refractivity contribution in [2.45, 2.75) is 30.1 Å². The molecule has 0 N–H and O–H groups in total. The third-order valence-electron chi connectivity index (χ3n) is 5.17. The zero-order valence-corrected chi connectivity index (χ0v) is 17.4. The lowest BCUT2D eigenvalue weighted by molar-refractivity contribution is 0.196. The minimum absolute atomic E-state index is 0.287. The highest BCUT2D eigenvalue weighted by atomic mass is 32.2. The van der Waals surface area contributed by atoms with Gasteiger partial charge in [-0.25, -0.2) is 8.42 Å². The fourth-order valence-electron chi connectivity index (χ4n) is 3.50. The number of benzene rings is 1. The third kappa shape index (κ3) is 4.51. The summed E-state index contributed by atoms with van der Waals surface area (Å²) in [6.07, 6.45) is 4.33. The Bertz CT molecular complexity index is 1000. The molecule has 1 fully saturated rings. The maximum Gasteiger partial charge on any atom is 0.230 e. The molecule has 6 nitrogen and oxygen atoms in total. The number of likely N-dealkylation sites (tertiary alicyclic amines) is 1. The molecule has 0 unspecified atom stereocenters. The summed E-state index contributed by atoms with van der Waals surface area (Å²) in [6, 6.07) is 10.9. The van der Waals surface area contributed by atoms with Crippen molar-refractivity contribution in [2.24, 2.45) is 0 Å². The Labute approximate surface area is 169 Å². The largest absolute Gasteiger partial charge is 0.339 e. The number of hydrogen-bond acceptors (Lipinski definition) is 7. The fourth-order valence-corrected chi connectivity index (χ4v) is 4.82. The summed E-state index contributed by atoms with van der Waals surface area (Å²) in [5.41, 5.74) is 0.760. The molecular weight excluding hydrogens is 394 g/mol. The predicted octanol–water partition coefficient (Wildman–Crippen LogP) is 3.62. The molecule has 4 rings (SSSR count). The smallest absolute Gasteiger partial charge is 0.230 e. The molecule has 0 radical (unpaired) electrons. The van der Waals surface area contributed by atoms with Crippen LogP contribution in [0.1, 0.15) is 29.5 Å². The van der Waals surface area contributed by atoms with Crippen molar-refractivity contribution in [3.05, 3.63) is 52.5 Å². The van der Waals surface area contributed by atoms with Gasteiger partial charge in [-0.3, -0.25) is 0 Å². The Kier molecular flexibility index (Phi) is 5.61. The van der Waals surface area contributed by atoms with E-state index in [0.717, 1.165) is 44.5 Å². The van der Waals surface area contributed by atoms with E-state index in [9.17, 15) is 8.42 Å². The Hall–Kier alpha value is -2.03. The Morgan fingerprint density at radius 2 is 1.93 bits per heavy atom. The molecule has 0 spiro atoms. The highest BCUT2D eigenvalue weighted by Crippen LogP contribution is 2.29. The van der Waals surface area contributed by atoms with Gasteiger partial charge in [0.1, 0.15) is 0 Å². The van der Waals surface area contributed by atoms with Gasteiger partial charge in [0, 0.05) is 29.2 Å². The summed E-state index contributed by atoms with van der Waals surface area (Å²) in [5.74, 6) is 1.48. The highest BCUT2D eigenvalue weighted by Gasteiger charge is 2.25. The van der Waals surface area contributed by atoms with Gasteiger partial charge in [-0.1, -0.05) is 11.2 Å². The van der Waals surface area contributed by atoms with Crippen LogP contribution in [-0.4, -0.2) is 49.3 Å². The van der Waals surface area contributed by atoms with Crippen molar-refractivity contribution in [3.63, 3.8) is 0 Å². The number of thiophene rings is 1. The zero-order valence-electron chi connectivity index (χ0n) is 15.7. The molecule has 1 aromatic carbocycles. The number of aromatic nitrogens is 2. The Morgan fingerprint density at radius 3 is 2.57 bits per heavy atom. The predicted molar refractivity (Wildman–Crippen MR) is 109 cm³/mol. The first-order valence-corrected chi connectivity index (χ1v) is 12.1. The van der Waals surface area contributed by atoms with E-state index < -0.39 is 9.84 Å². The normalized spacial score (nSPS) is 16.5. The lowest BCUT2D eigenvalue weighted by atomic mass is 9.96. The summed E-state index contributed by atoms with van der Waals surface area (Å²) in [4.78, 5) is 8.78. The minimum atomic E-state index is -3.21. The van der Waals surface area contributed by atoms with Crippen LogP contribution < -0.4 is 0 Å². The summed E-state index contributed by atoms with van der Waals surface area (Å²) in [5, 5.41) is 6.22. The fraction of sp³-hybridized carbons (Fsp3) is 0.400. The summed E-state index contributed by atoms with van der Waals surface area (Å²) in [6.45, 7) is 3.17. The van der Waals surface area contributed by atoms with E-state index in [-0.39, 0.29) is 10.8 Å². The van der Waals surface area contributed by atoms with Gasteiger partial charge in [0.05, 0.1) is 4.90 Å². The highest BCUT2D eigenvalue weighted by molar-refractivity contribution is 7.90. The van der Waals surface area contributed by atoms with Crippen LogP contribution in [0.5, 0.6) is 0 Å². The van der Waals surface area contributed by atoms with E-state index in [4.69, 9.17) is 4.52 Å². The molecular formula is C20H23N3O3S2. The number of nitrogens with zero attached hydrogens (tertiary/aromatic N) is 3. The topological polar surface area (TPSA) is 76.3 Å². The molecule has 0 bridgehead atoms. The molecule has 1 aliphatic heterocycles. The van der Waals surface area contributed by atoms with Gasteiger partial charge in [-0.15, -0.1) is 11.3 Å². The van der Waals surface area contributed by atoms with Crippen molar-refractivity contribution >= 4 is 21.2 Å². The maximum atomic E-state index is 11.6. The zero-order chi connectivity index (χ0) is 19.6. The second kappa shape index (κ2) is 8.14. The van der Waals surface area contributed by atoms with E-state index in [0.29, 0.717) is 11.7 Å². The number of piperidine rings is 1. The van der Waals surface area contributed by atoms with E-state index in [1.165, 1.54) is 11.1 Å². The van der Waals surface area contributed by atoms with Gasteiger partial charge < -0.3 is 9.42 Å². The standard InChI is InChI=1S/C20H23N3O3S2/c1-28(24,25)18-6-4-15(5-7-18)19-21-20(26-22-19)16-8-11-23(12-9-16)13-10-17-3-2-14-27-17/h2-7,14,16H,8-13H2,1H3. The minimum Gasteiger partial charge on any atom is -0.339 e. The van der Waals surface area contributed by atoms with Crippen molar-refractivity contribution in [1.82, 2.24) is 15.0 Å². The summed E-state index contributed by atoms with van der Waals surface area (Å²) >= 11 is 1.82. The van der Waals surface area contributed by atoms with Crippen molar-refractivity contribution in [1.29, 1.82) is 0 Å². The molecule has 1 aliphatic rings. The lowest BCUT2D eigenvalue weighted by Gasteiger charge is -2.30. The van der Waals surface area contributed by atoms with Gasteiger partial charge >= 0.3 is 0 Å². The van der Waals surface area contributed by atoms with E-state index in [2.05, 4.69) is 32.6 Å². The third-order valence-corrected chi connectivity index (χ3v) is 7.24. The molecule has 28 heavy (non-hydrogen) atoms. The van der Waals surface area contributed by atoms with Crippen molar-refractivity contribution in [3.8, 4) is 11.4 Å². The molecule has 0 amide bonds. The number of rotatable bonds is 6. The average Bonchev–Trinajstić information content (AvgIpc) is 3.38. The van der Waals surface area contributed by atoms with Crippen LogP contribution in [0, 0.1) is 0 Å². The summed E-state index contributed by atoms with van der Waals surface area (Å²) < 4.78 is 28.7. The quantitative estimate of drug-likeness (QED) is 0.610. The molecule has 1 saturated heterocycles. The van der Waals surface area contributed by atoms with Crippen LogP contribution in [0.15, 0.2) is 51.2 Å². The van der Waals surface area contributed by atoms with Crippen LogP contribution in [0.25, 0.3) is 11.4 Å². The van der Waals surface area contributed by atoms with Crippen LogP contribution >= 0.6 is 11.3 Å². The Morgan fingerprint density at radius 1 is 1.18 bits per heavy atom. The first-order chi connectivity index (χ1) is 13.5. The molecule has 0 atom stereocenters. The first-order valence-electron chi connectivity index (χ1n) is 9.38. The van der Waals surface area contributed by atoms with Gasteiger partial charge in [0.15, 0.2) is 9.84 Å². The second-order valence-corrected chi connectivity index (χ2v) is 10.2. The van der Waals surface area contributed by atoms with Crippen LogP contribution in [0.3, 0.4) is 0 Å². The second-order valence-electron chi connectivity index (χ2n) is 7.20. The van der Waals surface area contributed by atoms with Crippen LogP contribution in [0.4, 0.5) is 0 Å². The van der Waals surface area contributed by atoms with Gasteiger partial charge in [-0.2, -0.15) is 4.98 Å². The molecule has 0 saturated carbocycles. The van der Waals surface area contributed by atoms with E-state index in [1.54, 1.807) is 24.3 Å². The number of hydrogen-bond donors (Lipinski definition) is 0. The van der Waals surface area contributed by atoms with Crippen molar-refractivity contribution in [2.75, 3.05) is 25.9 Å². The van der Waals surface area contributed by atoms with Gasteiger partial charge in [0.2, 0.25) is 11.7 Å². The maximum absolute atomic E-state index is 11.6. The van der Waals surface area contributed by atoms with Crippen LogP contribution in [-0.2, 0) is 16.3 Å². The molecule has 3 heterocycles. The first kappa shape index (κ1) is 19.3. The summed E-state index contributed by atoms with van der Waals surface area (Å²) in [7, 11) is -3.21. The molecule has 8 heteroatoms. The SMILES string of the molecule is CS(=O)(=O)c1ccc(-c2noc(C3CCN(CCc4cccs4)CC3)n2)cc1. The average molecular weight is 418 g/mol. The van der Waals surface area contributed by atoms with E-state index in [1.807, 2.05) is 11.3 Å². The Balaban J connectivity index is 1.35.